The monoisotopic (exact) mass is 282 g/mol. The molecular weight excluding hydrogens is 252 g/mol. The van der Waals surface area contributed by atoms with Gasteiger partial charge in [0.1, 0.15) is 5.60 Å². The van der Waals surface area contributed by atoms with E-state index in [1.165, 1.54) is 0 Å². The second-order valence-electron chi connectivity index (χ2n) is 8.20. The summed E-state index contributed by atoms with van der Waals surface area (Å²) in [5.41, 5.74) is 5.72. The summed E-state index contributed by atoms with van der Waals surface area (Å²) in [5, 5.41) is 3.14. The number of rotatable bonds is 5. The van der Waals surface area contributed by atoms with Crippen LogP contribution in [0, 0.1) is 11.8 Å². The Morgan fingerprint density at radius 3 is 2.35 bits per heavy atom. The lowest BCUT2D eigenvalue weighted by Crippen LogP contribution is -2.43. The summed E-state index contributed by atoms with van der Waals surface area (Å²) in [7, 11) is 0. The number of nitrogens with two attached hydrogens (primary N) is 1. The summed E-state index contributed by atoms with van der Waals surface area (Å²) >= 11 is 0. The van der Waals surface area contributed by atoms with E-state index in [0.717, 1.165) is 32.1 Å². The highest BCUT2D eigenvalue weighted by Gasteiger charge is 2.57. The number of amides is 1. The molecule has 0 radical (unpaired) electrons. The average Bonchev–Trinajstić information content (AvgIpc) is 3.12. The summed E-state index contributed by atoms with van der Waals surface area (Å²) < 4.78 is 5.41. The number of alkyl carbamates (subject to hydrolysis) is 1. The number of hydrogen-bond donors (Lipinski definition) is 2. The minimum Gasteiger partial charge on any atom is -0.444 e. The maximum Gasteiger partial charge on any atom is 0.408 e. The van der Waals surface area contributed by atoms with Crippen molar-refractivity contribution in [3.63, 3.8) is 0 Å². The van der Waals surface area contributed by atoms with E-state index >= 15 is 0 Å². The van der Waals surface area contributed by atoms with Crippen LogP contribution in [0.4, 0.5) is 4.79 Å². The van der Waals surface area contributed by atoms with Gasteiger partial charge in [0.15, 0.2) is 0 Å². The predicted octanol–water partition coefficient (Wildman–Crippen LogP) is 3.20. The van der Waals surface area contributed by atoms with E-state index in [-0.39, 0.29) is 17.2 Å². The average molecular weight is 282 g/mol. The molecule has 116 valence electrons. The first-order valence-electron chi connectivity index (χ1n) is 7.85. The van der Waals surface area contributed by atoms with Gasteiger partial charge in [0.05, 0.1) is 0 Å². The summed E-state index contributed by atoms with van der Waals surface area (Å²) in [6, 6.07) is 0. The van der Waals surface area contributed by atoms with Gasteiger partial charge >= 0.3 is 6.09 Å². The molecule has 2 unspecified atom stereocenters. The van der Waals surface area contributed by atoms with Crippen molar-refractivity contribution < 1.29 is 9.53 Å². The van der Waals surface area contributed by atoms with Crippen LogP contribution in [-0.4, -0.2) is 22.8 Å². The Kier molecular flexibility index (Phi) is 3.83. The molecule has 2 aliphatic rings. The van der Waals surface area contributed by atoms with E-state index in [9.17, 15) is 4.79 Å². The number of carbonyl (C=O) groups excluding carboxylic acids is 1. The van der Waals surface area contributed by atoms with E-state index < -0.39 is 5.60 Å². The molecule has 2 aliphatic carbocycles. The van der Waals surface area contributed by atoms with E-state index in [0.29, 0.717) is 11.8 Å². The van der Waals surface area contributed by atoms with Gasteiger partial charge in [-0.3, -0.25) is 0 Å². The highest BCUT2D eigenvalue weighted by Crippen LogP contribution is 2.53. The molecule has 0 spiro atoms. The minimum atomic E-state index is -0.445. The van der Waals surface area contributed by atoms with E-state index in [2.05, 4.69) is 19.2 Å². The Hall–Kier alpha value is -0.770. The molecule has 2 fully saturated rings. The molecule has 0 aliphatic heterocycles. The first kappa shape index (κ1) is 15.6. The van der Waals surface area contributed by atoms with E-state index in [4.69, 9.17) is 10.5 Å². The fraction of sp³-hybridized carbons (Fsp3) is 0.938. The topological polar surface area (TPSA) is 64.3 Å². The quantitative estimate of drug-likeness (QED) is 0.814. The zero-order valence-corrected chi connectivity index (χ0v) is 13.6. The lowest BCUT2D eigenvalue weighted by Gasteiger charge is -2.26. The van der Waals surface area contributed by atoms with Gasteiger partial charge in [-0.05, 0) is 64.7 Å². The van der Waals surface area contributed by atoms with Crippen LogP contribution >= 0.6 is 0 Å². The van der Waals surface area contributed by atoms with Gasteiger partial charge in [-0.1, -0.05) is 13.8 Å². The van der Waals surface area contributed by atoms with Crippen LogP contribution in [0.3, 0.4) is 0 Å². The molecule has 1 amide bonds. The molecule has 3 N–H and O–H groups in total. The molecule has 4 heteroatoms. The van der Waals surface area contributed by atoms with Gasteiger partial charge in [-0.25, -0.2) is 4.79 Å². The van der Waals surface area contributed by atoms with Crippen LogP contribution in [0.1, 0.15) is 66.7 Å². The smallest absolute Gasteiger partial charge is 0.408 e. The lowest BCUT2D eigenvalue weighted by atomic mass is 9.97. The molecule has 0 aromatic heterocycles. The van der Waals surface area contributed by atoms with Gasteiger partial charge in [0.25, 0.3) is 0 Å². The Balaban J connectivity index is 1.92. The van der Waals surface area contributed by atoms with Crippen molar-refractivity contribution in [1.82, 2.24) is 5.32 Å². The molecule has 0 saturated heterocycles. The van der Waals surface area contributed by atoms with Crippen LogP contribution in [0.15, 0.2) is 0 Å². The van der Waals surface area contributed by atoms with Gasteiger partial charge in [0.2, 0.25) is 0 Å². The highest BCUT2D eigenvalue weighted by atomic mass is 16.6. The molecular formula is C16H30N2O2. The second kappa shape index (κ2) is 4.90. The Morgan fingerprint density at radius 1 is 1.35 bits per heavy atom. The van der Waals surface area contributed by atoms with Crippen LogP contribution in [-0.2, 0) is 4.74 Å². The first-order chi connectivity index (χ1) is 9.05. The third kappa shape index (κ3) is 3.87. The molecule has 0 bridgehead atoms. The van der Waals surface area contributed by atoms with E-state index in [1.54, 1.807) is 0 Å². The summed E-state index contributed by atoms with van der Waals surface area (Å²) in [5.74, 6) is 1.13. The SMILES string of the molecule is CC(C)C1CC1(CCC1(N)CC1)NC(=O)OC(C)(C)C. The largest absolute Gasteiger partial charge is 0.444 e. The standard InChI is InChI=1S/C16H30N2O2/c1-11(2)12-10-16(12,9-8-15(17)6-7-15)18-13(19)20-14(3,4)5/h11-12H,6-10,17H2,1-5H3,(H,18,19). The van der Waals surface area contributed by atoms with Crippen LogP contribution in [0.5, 0.6) is 0 Å². The Morgan fingerprint density at radius 2 is 1.95 bits per heavy atom. The lowest BCUT2D eigenvalue weighted by molar-refractivity contribution is 0.0483. The normalized spacial score (nSPS) is 31.1. The molecule has 4 nitrogen and oxygen atoms in total. The van der Waals surface area contributed by atoms with E-state index in [1.807, 2.05) is 20.8 Å². The van der Waals surface area contributed by atoms with Gasteiger partial charge in [-0.15, -0.1) is 0 Å². The zero-order chi connectivity index (χ0) is 15.2. The third-order valence-electron chi connectivity index (χ3n) is 4.65. The molecule has 2 saturated carbocycles. The van der Waals surface area contributed by atoms with Gasteiger partial charge in [0, 0.05) is 11.1 Å². The summed E-state index contributed by atoms with van der Waals surface area (Å²) in [6.45, 7) is 10.1. The van der Waals surface area contributed by atoms with Crippen molar-refractivity contribution in [2.45, 2.75) is 83.4 Å². The maximum absolute atomic E-state index is 12.1. The highest BCUT2D eigenvalue weighted by molar-refractivity contribution is 5.69. The third-order valence-corrected chi connectivity index (χ3v) is 4.65. The molecule has 2 atom stereocenters. The second-order valence-corrected chi connectivity index (χ2v) is 8.20. The molecule has 2 rings (SSSR count). The fourth-order valence-electron chi connectivity index (χ4n) is 3.09. The first-order valence-corrected chi connectivity index (χ1v) is 7.85. The van der Waals surface area contributed by atoms with Crippen molar-refractivity contribution in [3.8, 4) is 0 Å². The van der Waals surface area contributed by atoms with Gasteiger partial charge in [-0.2, -0.15) is 0 Å². The van der Waals surface area contributed by atoms with Crippen LogP contribution < -0.4 is 11.1 Å². The van der Waals surface area contributed by atoms with Crippen molar-refractivity contribution in [3.05, 3.63) is 0 Å². The van der Waals surface area contributed by atoms with Crippen molar-refractivity contribution in [2.24, 2.45) is 17.6 Å². The minimum absolute atomic E-state index is 0.0483. The van der Waals surface area contributed by atoms with Crippen LogP contribution in [0.2, 0.25) is 0 Å². The fourth-order valence-corrected chi connectivity index (χ4v) is 3.09. The maximum atomic E-state index is 12.1. The molecule has 0 heterocycles. The number of hydrogen-bond acceptors (Lipinski definition) is 3. The number of nitrogens with one attached hydrogen (secondary N) is 1. The van der Waals surface area contributed by atoms with Crippen LogP contribution in [0.25, 0.3) is 0 Å². The summed E-state index contributed by atoms with van der Waals surface area (Å²) in [4.78, 5) is 12.1. The molecule has 20 heavy (non-hydrogen) atoms. The molecule has 0 aromatic rings. The van der Waals surface area contributed by atoms with Crippen molar-refractivity contribution in [1.29, 1.82) is 0 Å². The van der Waals surface area contributed by atoms with Gasteiger partial charge < -0.3 is 15.8 Å². The van der Waals surface area contributed by atoms with Crippen molar-refractivity contribution in [2.75, 3.05) is 0 Å². The zero-order valence-electron chi connectivity index (χ0n) is 13.6. The Bertz CT molecular complexity index is 382. The summed E-state index contributed by atoms with van der Waals surface area (Å²) in [6.07, 6.45) is 5.00. The Labute approximate surface area is 122 Å². The predicted molar refractivity (Wildman–Crippen MR) is 80.4 cm³/mol. The number of ether oxygens (including phenoxy) is 1. The van der Waals surface area contributed by atoms with Crippen molar-refractivity contribution >= 4 is 6.09 Å². The molecule has 0 aromatic carbocycles. The number of carbonyl (C=O) groups is 1.